The number of ether oxygens (including phenoxy) is 1. The molecule has 106 valence electrons. The molecule has 0 aliphatic rings. The third-order valence-electron chi connectivity index (χ3n) is 3.06. The van der Waals surface area contributed by atoms with Gasteiger partial charge >= 0.3 is 11.6 Å². The summed E-state index contributed by atoms with van der Waals surface area (Å²) >= 11 is 0. The minimum atomic E-state index is -0.611. The minimum absolute atomic E-state index is 0.140. The van der Waals surface area contributed by atoms with Gasteiger partial charge in [-0.25, -0.2) is 9.59 Å². The van der Waals surface area contributed by atoms with Gasteiger partial charge in [0.25, 0.3) is 0 Å². The Morgan fingerprint density at radius 2 is 1.82 bits per heavy atom. The standard InChI is InChI=1S/C17H9NO4/c18-10-11-5-7-12(8-6-11)17(20)22-15-9-16(19)21-14-4-2-1-3-13(14)15/h1-9H. The van der Waals surface area contributed by atoms with Gasteiger partial charge in [-0.15, -0.1) is 0 Å². The van der Waals surface area contributed by atoms with Gasteiger partial charge in [-0.1, -0.05) is 12.1 Å². The molecule has 0 aliphatic heterocycles. The molecule has 0 fully saturated rings. The first kappa shape index (κ1) is 13.6. The fourth-order valence-electron chi connectivity index (χ4n) is 2.01. The molecule has 1 heterocycles. The SMILES string of the molecule is N#Cc1ccc(C(=O)Oc2cc(=O)oc3ccccc23)cc1. The molecule has 22 heavy (non-hydrogen) atoms. The zero-order valence-corrected chi connectivity index (χ0v) is 11.3. The second kappa shape index (κ2) is 5.54. The lowest BCUT2D eigenvalue weighted by molar-refractivity contribution is 0.0736. The van der Waals surface area contributed by atoms with Crippen molar-refractivity contribution in [2.45, 2.75) is 0 Å². The van der Waals surface area contributed by atoms with Crippen molar-refractivity contribution in [2.24, 2.45) is 0 Å². The quantitative estimate of drug-likeness (QED) is 0.535. The molecule has 5 nitrogen and oxygen atoms in total. The Morgan fingerprint density at radius 3 is 2.55 bits per heavy atom. The van der Waals surface area contributed by atoms with E-state index in [9.17, 15) is 9.59 Å². The summed E-state index contributed by atoms with van der Waals surface area (Å²) in [6.07, 6.45) is 0. The van der Waals surface area contributed by atoms with Crippen LogP contribution in [0.1, 0.15) is 15.9 Å². The van der Waals surface area contributed by atoms with Gasteiger partial charge in [-0.05, 0) is 36.4 Å². The lowest BCUT2D eigenvalue weighted by atomic mass is 10.1. The van der Waals surface area contributed by atoms with E-state index < -0.39 is 11.6 Å². The van der Waals surface area contributed by atoms with Crippen molar-refractivity contribution in [3.63, 3.8) is 0 Å². The number of hydrogen-bond acceptors (Lipinski definition) is 5. The molecule has 0 aliphatic carbocycles. The predicted octanol–water partition coefficient (Wildman–Crippen LogP) is 2.88. The van der Waals surface area contributed by atoms with Gasteiger partial charge in [-0.3, -0.25) is 0 Å². The van der Waals surface area contributed by atoms with E-state index in [1.54, 1.807) is 24.3 Å². The van der Waals surface area contributed by atoms with Crippen LogP contribution in [0.15, 0.2) is 63.8 Å². The number of esters is 1. The summed E-state index contributed by atoms with van der Waals surface area (Å²) in [6, 6.07) is 15.9. The van der Waals surface area contributed by atoms with E-state index in [0.717, 1.165) is 6.07 Å². The van der Waals surface area contributed by atoms with E-state index in [1.807, 2.05) is 6.07 Å². The highest BCUT2D eigenvalue weighted by molar-refractivity contribution is 5.94. The van der Waals surface area contributed by atoms with Gasteiger partial charge in [0, 0.05) is 0 Å². The summed E-state index contributed by atoms with van der Waals surface area (Å²) < 4.78 is 10.3. The highest BCUT2D eigenvalue weighted by Crippen LogP contribution is 2.24. The summed E-state index contributed by atoms with van der Waals surface area (Å²) in [5.74, 6) is -0.471. The molecule has 3 aromatic rings. The van der Waals surface area contributed by atoms with E-state index in [2.05, 4.69) is 0 Å². The van der Waals surface area contributed by atoms with E-state index in [1.165, 1.54) is 24.3 Å². The van der Waals surface area contributed by atoms with Crippen molar-refractivity contribution in [1.29, 1.82) is 5.26 Å². The first-order valence-corrected chi connectivity index (χ1v) is 6.42. The second-order valence-electron chi connectivity index (χ2n) is 4.50. The zero-order valence-electron chi connectivity index (χ0n) is 11.3. The summed E-state index contributed by atoms with van der Waals surface area (Å²) in [5, 5.41) is 9.27. The number of nitriles is 1. The van der Waals surface area contributed by atoms with Gasteiger partial charge in [0.15, 0.2) is 0 Å². The molecule has 0 N–H and O–H groups in total. The number of carbonyl (C=O) groups excluding carboxylic acids is 1. The maximum atomic E-state index is 12.1. The Balaban J connectivity index is 1.97. The second-order valence-corrected chi connectivity index (χ2v) is 4.50. The summed E-state index contributed by atoms with van der Waals surface area (Å²) in [6.45, 7) is 0. The lowest BCUT2D eigenvalue weighted by Gasteiger charge is -2.06. The average Bonchev–Trinajstić information content (AvgIpc) is 2.54. The largest absolute Gasteiger partial charge is 0.422 e. The number of para-hydroxylation sites is 1. The van der Waals surface area contributed by atoms with Gasteiger partial charge in [0.05, 0.1) is 28.6 Å². The molecule has 5 heteroatoms. The smallest absolute Gasteiger partial charge is 0.343 e. The molecule has 0 unspecified atom stereocenters. The van der Waals surface area contributed by atoms with Gasteiger partial charge < -0.3 is 9.15 Å². The average molecular weight is 291 g/mol. The van der Waals surface area contributed by atoms with E-state index in [4.69, 9.17) is 14.4 Å². The third kappa shape index (κ3) is 2.58. The van der Waals surface area contributed by atoms with Crippen molar-refractivity contribution >= 4 is 16.9 Å². The van der Waals surface area contributed by atoms with Gasteiger partial charge in [0.1, 0.15) is 11.3 Å². The minimum Gasteiger partial charge on any atom is -0.422 e. The van der Waals surface area contributed by atoms with Crippen LogP contribution in [0.2, 0.25) is 0 Å². The van der Waals surface area contributed by atoms with Crippen molar-refractivity contribution in [3.05, 3.63) is 76.1 Å². The fraction of sp³-hybridized carbons (Fsp3) is 0. The van der Waals surface area contributed by atoms with E-state index in [-0.39, 0.29) is 11.3 Å². The molecule has 0 amide bonds. The Kier molecular flexibility index (Phi) is 3.42. The maximum Gasteiger partial charge on any atom is 0.343 e. The number of carbonyl (C=O) groups is 1. The lowest BCUT2D eigenvalue weighted by Crippen LogP contribution is -2.10. The number of nitrogens with zero attached hydrogens (tertiary/aromatic N) is 1. The normalized spacial score (nSPS) is 10.1. The molecule has 0 saturated heterocycles. The molecule has 2 aromatic carbocycles. The molecule has 3 rings (SSSR count). The van der Waals surface area contributed by atoms with Crippen LogP contribution in [0.3, 0.4) is 0 Å². The number of benzene rings is 2. The van der Waals surface area contributed by atoms with E-state index in [0.29, 0.717) is 16.5 Å². The molecule has 0 saturated carbocycles. The molecule has 0 bridgehead atoms. The molecule has 0 radical (unpaired) electrons. The van der Waals surface area contributed by atoms with Crippen molar-refractivity contribution in [1.82, 2.24) is 0 Å². The van der Waals surface area contributed by atoms with Crippen LogP contribution in [0.25, 0.3) is 11.0 Å². The Labute approximate surface area is 125 Å². The molecule has 0 spiro atoms. The molecule has 0 atom stereocenters. The topological polar surface area (TPSA) is 80.3 Å². The van der Waals surface area contributed by atoms with Crippen LogP contribution in [-0.2, 0) is 0 Å². The fourth-order valence-corrected chi connectivity index (χ4v) is 2.01. The first-order valence-electron chi connectivity index (χ1n) is 6.42. The van der Waals surface area contributed by atoms with Gasteiger partial charge in [0.2, 0.25) is 0 Å². The number of hydrogen-bond donors (Lipinski definition) is 0. The maximum absolute atomic E-state index is 12.1. The summed E-state index contributed by atoms with van der Waals surface area (Å²) in [5.41, 5.74) is 0.484. The van der Waals surface area contributed by atoms with Crippen LogP contribution < -0.4 is 10.4 Å². The highest BCUT2D eigenvalue weighted by atomic mass is 16.5. The number of rotatable bonds is 2. The van der Waals surface area contributed by atoms with Crippen molar-refractivity contribution in [2.75, 3.05) is 0 Å². The predicted molar refractivity (Wildman–Crippen MR) is 78.6 cm³/mol. The van der Waals surface area contributed by atoms with Crippen LogP contribution >= 0.6 is 0 Å². The highest BCUT2D eigenvalue weighted by Gasteiger charge is 2.13. The van der Waals surface area contributed by atoms with Crippen LogP contribution in [0.5, 0.6) is 5.75 Å². The summed E-state index contributed by atoms with van der Waals surface area (Å²) in [7, 11) is 0. The van der Waals surface area contributed by atoms with Crippen molar-refractivity contribution < 1.29 is 13.9 Å². The Bertz CT molecular complexity index is 949. The van der Waals surface area contributed by atoms with Gasteiger partial charge in [-0.2, -0.15) is 5.26 Å². The first-order chi connectivity index (χ1) is 10.7. The third-order valence-corrected chi connectivity index (χ3v) is 3.06. The monoisotopic (exact) mass is 291 g/mol. The molecular weight excluding hydrogens is 282 g/mol. The van der Waals surface area contributed by atoms with Crippen LogP contribution in [0.4, 0.5) is 0 Å². The zero-order chi connectivity index (χ0) is 15.5. The van der Waals surface area contributed by atoms with Crippen LogP contribution in [0, 0.1) is 11.3 Å². The molecular formula is C17H9NO4. The Morgan fingerprint density at radius 1 is 1.09 bits per heavy atom. The Hall–Kier alpha value is -3.39. The van der Waals surface area contributed by atoms with Crippen molar-refractivity contribution in [3.8, 4) is 11.8 Å². The van der Waals surface area contributed by atoms with Crippen LogP contribution in [-0.4, -0.2) is 5.97 Å². The summed E-state index contributed by atoms with van der Waals surface area (Å²) in [4.78, 5) is 23.6. The molecule has 1 aromatic heterocycles. The van der Waals surface area contributed by atoms with E-state index >= 15 is 0 Å². The number of fused-ring (bicyclic) bond motifs is 1.